The highest BCUT2D eigenvalue weighted by atomic mass is 19.1. The van der Waals surface area contributed by atoms with Crippen LogP contribution in [0.15, 0.2) is 77.8 Å². The van der Waals surface area contributed by atoms with Crippen molar-refractivity contribution in [2.24, 2.45) is 0 Å². The molecule has 0 radical (unpaired) electrons. The molecule has 1 saturated carbocycles. The highest BCUT2D eigenvalue weighted by Crippen LogP contribution is 2.43. The van der Waals surface area contributed by atoms with Crippen molar-refractivity contribution in [3.63, 3.8) is 0 Å². The Kier molecular flexibility index (Phi) is 7.40. The molecular weight excluding hydrogens is 616 g/mol. The number of anilines is 1. The molecule has 1 aliphatic carbocycles. The molecule has 2 aliphatic rings. The summed E-state index contributed by atoms with van der Waals surface area (Å²) in [5.41, 5.74) is 4.53. The molecule has 5 heterocycles. The smallest absolute Gasteiger partial charge is 0.259 e. The van der Waals surface area contributed by atoms with E-state index in [9.17, 15) is 9.18 Å². The minimum atomic E-state index is -0.658. The van der Waals surface area contributed by atoms with Crippen LogP contribution >= 0.6 is 0 Å². The summed E-state index contributed by atoms with van der Waals surface area (Å²) < 4.78 is 39.7. The van der Waals surface area contributed by atoms with Crippen molar-refractivity contribution < 1.29 is 18.1 Å². The van der Waals surface area contributed by atoms with Crippen LogP contribution < -0.4 is 5.32 Å². The van der Waals surface area contributed by atoms with Crippen LogP contribution in [-0.2, 0) is 19.6 Å². The Labute approximate surface area is 274 Å². The second-order valence-corrected chi connectivity index (χ2v) is 12.5. The molecule has 0 saturated heterocycles. The fourth-order valence-corrected chi connectivity index (χ4v) is 6.22. The van der Waals surface area contributed by atoms with Gasteiger partial charge >= 0.3 is 0 Å². The summed E-state index contributed by atoms with van der Waals surface area (Å²) >= 11 is 0. The van der Waals surface area contributed by atoms with Crippen molar-refractivity contribution >= 4 is 11.7 Å². The summed E-state index contributed by atoms with van der Waals surface area (Å²) in [6.07, 6.45) is 5.50. The maximum absolute atomic E-state index is 15.8. The molecule has 0 bridgehead atoms. The number of hydrogen-bond acceptors (Lipinski definition) is 8. The molecule has 8 rings (SSSR count). The first kappa shape index (κ1) is 29.8. The van der Waals surface area contributed by atoms with E-state index in [1.165, 1.54) is 12.1 Å². The van der Waals surface area contributed by atoms with Gasteiger partial charge in [0.05, 0.1) is 35.5 Å². The van der Waals surface area contributed by atoms with Crippen LogP contribution in [0.5, 0.6) is 0 Å². The largest absolute Gasteiger partial charge is 0.359 e. The maximum atomic E-state index is 15.8. The number of carbonyl (C=O) groups excluding carboxylic acids is 1. The van der Waals surface area contributed by atoms with Gasteiger partial charge in [-0.1, -0.05) is 23.4 Å². The third-order valence-electron chi connectivity index (χ3n) is 8.74. The van der Waals surface area contributed by atoms with E-state index in [4.69, 9.17) is 9.51 Å². The predicted molar refractivity (Wildman–Crippen MR) is 172 cm³/mol. The zero-order valence-electron chi connectivity index (χ0n) is 26.3. The van der Waals surface area contributed by atoms with Crippen LogP contribution in [0.1, 0.15) is 71.7 Å². The second kappa shape index (κ2) is 11.9. The van der Waals surface area contributed by atoms with Gasteiger partial charge in [-0.3, -0.25) is 9.69 Å². The SMILES string of the molecule is CC(C)n1cnnc1-c1cccc(NC(=O)c2cc3c(cc2F)CN(Cc2cc(-c4ccccc4F)no2)Cc2c(C4CC4)ncn2-3)n1. The summed E-state index contributed by atoms with van der Waals surface area (Å²) in [5.74, 6) is 0.0760. The van der Waals surface area contributed by atoms with Crippen molar-refractivity contribution in [2.75, 3.05) is 5.32 Å². The number of rotatable bonds is 8. The maximum Gasteiger partial charge on any atom is 0.259 e. The lowest BCUT2D eigenvalue weighted by Gasteiger charge is -2.19. The summed E-state index contributed by atoms with van der Waals surface area (Å²) in [6, 6.07) is 16.4. The summed E-state index contributed by atoms with van der Waals surface area (Å²) in [6.45, 7) is 5.26. The van der Waals surface area contributed by atoms with Gasteiger partial charge in [0.2, 0.25) is 0 Å². The molecular formula is C35H31F2N9O2. The molecule has 1 amide bonds. The number of fused-ring (bicyclic) bond motifs is 3. The van der Waals surface area contributed by atoms with Crippen LogP contribution in [0.3, 0.4) is 0 Å². The van der Waals surface area contributed by atoms with Gasteiger partial charge in [0, 0.05) is 36.7 Å². The zero-order chi connectivity index (χ0) is 32.9. The van der Waals surface area contributed by atoms with Gasteiger partial charge in [-0.05, 0) is 68.7 Å². The molecule has 11 nitrogen and oxygen atoms in total. The fraction of sp³-hybridized carbons (Fsp3) is 0.257. The summed E-state index contributed by atoms with van der Waals surface area (Å²) in [7, 11) is 0. The number of hydrogen-bond donors (Lipinski definition) is 1. The molecule has 1 N–H and O–H groups in total. The van der Waals surface area contributed by atoms with Crippen LogP contribution in [0, 0.1) is 11.6 Å². The number of nitrogens with one attached hydrogen (secondary N) is 1. The Morgan fingerprint density at radius 1 is 1.00 bits per heavy atom. The average Bonchev–Trinajstić information content (AvgIpc) is 3.44. The van der Waals surface area contributed by atoms with Gasteiger partial charge in [0.15, 0.2) is 11.6 Å². The molecule has 0 spiro atoms. The lowest BCUT2D eigenvalue weighted by molar-refractivity contribution is 0.102. The zero-order valence-corrected chi connectivity index (χ0v) is 26.3. The van der Waals surface area contributed by atoms with Crippen molar-refractivity contribution in [2.45, 2.75) is 58.3 Å². The average molecular weight is 648 g/mol. The number of imidazole rings is 1. The first-order chi connectivity index (χ1) is 23.3. The Hall–Kier alpha value is -5.56. The number of aromatic nitrogens is 7. The Morgan fingerprint density at radius 3 is 2.67 bits per heavy atom. The third kappa shape index (κ3) is 5.55. The molecule has 0 atom stereocenters. The predicted octanol–water partition coefficient (Wildman–Crippen LogP) is 6.69. The number of amides is 1. The monoisotopic (exact) mass is 647 g/mol. The summed E-state index contributed by atoms with van der Waals surface area (Å²) in [5, 5.41) is 15.1. The van der Waals surface area contributed by atoms with E-state index in [0.717, 1.165) is 24.2 Å². The highest BCUT2D eigenvalue weighted by Gasteiger charge is 2.33. The number of halogens is 2. The molecule has 48 heavy (non-hydrogen) atoms. The van der Waals surface area contributed by atoms with Crippen molar-refractivity contribution in [3.8, 4) is 28.5 Å². The second-order valence-electron chi connectivity index (χ2n) is 12.5. The highest BCUT2D eigenvalue weighted by molar-refractivity contribution is 6.04. The van der Waals surface area contributed by atoms with Gasteiger partial charge in [-0.2, -0.15) is 0 Å². The molecule has 4 aromatic heterocycles. The lowest BCUT2D eigenvalue weighted by Crippen LogP contribution is -2.22. The Balaban J connectivity index is 1.10. The van der Waals surface area contributed by atoms with Crippen molar-refractivity contribution in [3.05, 3.63) is 113 Å². The van der Waals surface area contributed by atoms with E-state index in [2.05, 4.69) is 30.6 Å². The number of pyridine rings is 1. The standard InChI is InChI=1S/C35H31F2N9O2/c1-20(2)45-19-39-42-34(45)28-8-5-9-32(40-28)41-35(47)25-14-30-22(12-27(25)37)15-44(17-31-33(21-10-11-21)38-18-46(30)31)16-23-13-29(43-48-23)24-6-3-4-7-26(24)36/h3-9,12-14,18-21H,10-11,15-17H2,1-2H3,(H,40,41,47). The quantitative estimate of drug-likeness (QED) is 0.194. The van der Waals surface area contributed by atoms with Crippen LogP contribution in [0.25, 0.3) is 28.5 Å². The molecule has 13 heteroatoms. The topological polar surface area (TPSA) is 120 Å². The first-order valence-corrected chi connectivity index (χ1v) is 15.8. The molecule has 2 aromatic carbocycles. The minimum absolute atomic E-state index is 0.111. The minimum Gasteiger partial charge on any atom is -0.359 e. The van der Waals surface area contributed by atoms with E-state index < -0.39 is 11.7 Å². The number of carbonyl (C=O) groups is 1. The van der Waals surface area contributed by atoms with Crippen molar-refractivity contribution in [1.82, 2.24) is 39.4 Å². The third-order valence-corrected chi connectivity index (χ3v) is 8.74. The fourth-order valence-electron chi connectivity index (χ4n) is 6.22. The van der Waals surface area contributed by atoms with Gasteiger partial charge in [0.25, 0.3) is 5.91 Å². The van der Waals surface area contributed by atoms with Gasteiger partial charge in [0.1, 0.15) is 35.2 Å². The van der Waals surface area contributed by atoms with E-state index in [1.807, 2.05) is 23.0 Å². The lowest BCUT2D eigenvalue weighted by atomic mass is 10.1. The Morgan fingerprint density at radius 2 is 1.85 bits per heavy atom. The van der Waals surface area contributed by atoms with E-state index in [0.29, 0.717) is 65.3 Å². The normalized spacial score (nSPS) is 14.5. The van der Waals surface area contributed by atoms with Crippen LogP contribution in [0.2, 0.25) is 0 Å². The number of nitrogens with zero attached hydrogens (tertiary/aromatic N) is 8. The van der Waals surface area contributed by atoms with Crippen molar-refractivity contribution in [1.29, 1.82) is 0 Å². The van der Waals surface area contributed by atoms with E-state index >= 15 is 4.39 Å². The van der Waals surface area contributed by atoms with Crippen LogP contribution in [-0.4, -0.2) is 45.3 Å². The molecule has 1 aliphatic heterocycles. The summed E-state index contributed by atoms with van der Waals surface area (Å²) in [4.78, 5) is 25.0. The van der Waals surface area contributed by atoms with Gasteiger partial charge < -0.3 is 19.0 Å². The van der Waals surface area contributed by atoms with Gasteiger partial charge in [-0.15, -0.1) is 10.2 Å². The van der Waals surface area contributed by atoms with E-state index in [-0.39, 0.29) is 23.2 Å². The molecule has 1 fully saturated rings. The van der Waals surface area contributed by atoms with Crippen LogP contribution in [0.4, 0.5) is 14.6 Å². The Bertz CT molecular complexity index is 2160. The van der Waals surface area contributed by atoms with E-state index in [1.54, 1.807) is 61.2 Å². The number of benzene rings is 2. The molecule has 0 unspecified atom stereocenters. The molecule has 6 aromatic rings. The van der Waals surface area contributed by atoms with Gasteiger partial charge in [-0.25, -0.2) is 18.7 Å². The molecule has 242 valence electrons. The first-order valence-electron chi connectivity index (χ1n) is 15.8.